The summed E-state index contributed by atoms with van der Waals surface area (Å²) in [5, 5.41) is 0.722. The van der Waals surface area contributed by atoms with Gasteiger partial charge in [-0.05, 0) is 37.6 Å². The Balaban J connectivity index is 1.75. The Bertz CT molecular complexity index is 396. The van der Waals surface area contributed by atoms with E-state index < -0.39 is 0 Å². The molecule has 1 heterocycles. The summed E-state index contributed by atoms with van der Waals surface area (Å²) in [5.41, 5.74) is 6.82. The van der Waals surface area contributed by atoms with Crippen LogP contribution in [0.25, 0.3) is 0 Å². The van der Waals surface area contributed by atoms with Crippen LogP contribution in [-0.4, -0.2) is 48.2 Å². The summed E-state index contributed by atoms with van der Waals surface area (Å²) in [6.07, 6.45) is 0.932. The summed E-state index contributed by atoms with van der Waals surface area (Å²) < 4.78 is 5.85. The predicted octanol–water partition coefficient (Wildman–Crippen LogP) is 2.39. The summed E-state index contributed by atoms with van der Waals surface area (Å²) in [4.78, 5) is 2.53. The molecule has 1 aliphatic rings. The van der Waals surface area contributed by atoms with Gasteiger partial charge in [-0.2, -0.15) is 11.8 Å². The van der Waals surface area contributed by atoms with E-state index in [1.807, 2.05) is 12.1 Å². The van der Waals surface area contributed by atoms with Crippen LogP contribution in [0.15, 0.2) is 24.3 Å². The molecule has 2 unspecified atom stereocenters. The molecule has 4 heteroatoms. The third-order valence-electron chi connectivity index (χ3n) is 4.02. The number of nitrogens with zero attached hydrogens (tertiary/aromatic N) is 1. The summed E-state index contributed by atoms with van der Waals surface area (Å²) in [7, 11) is 0. The van der Waals surface area contributed by atoms with Crippen molar-refractivity contribution in [3.05, 3.63) is 29.8 Å². The molecule has 2 N–H and O–H groups in total. The quantitative estimate of drug-likeness (QED) is 0.874. The molecular weight excluding hydrogens is 268 g/mol. The lowest BCUT2D eigenvalue weighted by Gasteiger charge is -2.37. The van der Waals surface area contributed by atoms with Crippen molar-refractivity contribution < 1.29 is 4.74 Å². The minimum Gasteiger partial charge on any atom is -0.492 e. The molecule has 1 aromatic rings. The van der Waals surface area contributed by atoms with Crippen LogP contribution in [0, 0.1) is 0 Å². The zero-order chi connectivity index (χ0) is 14.4. The molecule has 0 aromatic heterocycles. The van der Waals surface area contributed by atoms with Crippen molar-refractivity contribution >= 4 is 11.8 Å². The van der Waals surface area contributed by atoms with Gasteiger partial charge in [0.15, 0.2) is 0 Å². The average molecular weight is 294 g/mol. The van der Waals surface area contributed by atoms with E-state index in [0.29, 0.717) is 12.6 Å². The van der Waals surface area contributed by atoms with Crippen LogP contribution in [-0.2, 0) is 6.42 Å². The lowest BCUT2D eigenvalue weighted by molar-refractivity contribution is 0.170. The molecule has 112 valence electrons. The highest BCUT2D eigenvalue weighted by Gasteiger charge is 2.24. The van der Waals surface area contributed by atoms with Gasteiger partial charge in [0.05, 0.1) is 0 Å². The van der Waals surface area contributed by atoms with Crippen molar-refractivity contribution in [1.82, 2.24) is 4.90 Å². The van der Waals surface area contributed by atoms with E-state index in [1.54, 1.807) is 0 Å². The molecule has 1 aromatic carbocycles. The number of rotatable bonds is 6. The molecule has 1 saturated heterocycles. The third kappa shape index (κ3) is 4.40. The van der Waals surface area contributed by atoms with Crippen molar-refractivity contribution in [2.75, 3.05) is 32.0 Å². The molecule has 20 heavy (non-hydrogen) atoms. The second-order valence-electron chi connectivity index (χ2n) is 5.38. The van der Waals surface area contributed by atoms with E-state index in [4.69, 9.17) is 10.5 Å². The van der Waals surface area contributed by atoms with Crippen LogP contribution in [0.5, 0.6) is 5.75 Å². The van der Waals surface area contributed by atoms with E-state index in [9.17, 15) is 0 Å². The van der Waals surface area contributed by atoms with Gasteiger partial charge in [-0.25, -0.2) is 0 Å². The molecule has 2 rings (SSSR count). The van der Waals surface area contributed by atoms with Crippen LogP contribution in [0.4, 0.5) is 0 Å². The number of benzene rings is 1. The first kappa shape index (κ1) is 15.7. The largest absolute Gasteiger partial charge is 0.492 e. The van der Waals surface area contributed by atoms with Crippen molar-refractivity contribution in [2.24, 2.45) is 5.73 Å². The summed E-state index contributed by atoms with van der Waals surface area (Å²) >= 11 is 2.07. The highest BCUT2D eigenvalue weighted by atomic mass is 32.2. The van der Waals surface area contributed by atoms with Gasteiger partial charge < -0.3 is 10.5 Å². The Morgan fingerprint density at radius 3 is 2.75 bits per heavy atom. The second kappa shape index (κ2) is 7.91. The van der Waals surface area contributed by atoms with Crippen molar-refractivity contribution in [3.63, 3.8) is 0 Å². The fourth-order valence-corrected chi connectivity index (χ4v) is 3.67. The Morgan fingerprint density at radius 2 is 2.05 bits per heavy atom. The van der Waals surface area contributed by atoms with E-state index in [-0.39, 0.29) is 0 Å². The maximum Gasteiger partial charge on any atom is 0.119 e. The molecule has 0 aliphatic carbocycles. The van der Waals surface area contributed by atoms with E-state index in [1.165, 1.54) is 17.9 Å². The maximum absolute atomic E-state index is 5.85. The monoisotopic (exact) mass is 294 g/mol. The number of ether oxygens (including phenoxy) is 1. The summed E-state index contributed by atoms with van der Waals surface area (Å²) in [6.45, 7) is 8.28. The van der Waals surface area contributed by atoms with Crippen LogP contribution in [0.1, 0.15) is 19.4 Å². The molecule has 0 saturated carbocycles. The van der Waals surface area contributed by atoms with E-state index in [2.05, 4.69) is 42.6 Å². The van der Waals surface area contributed by atoms with Gasteiger partial charge in [-0.1, -0.05) is 19.1 Å². The molecule has 0 spiro atoms. The number of hydrogen-bond acceptors (Lipinski definition) is 4. The van der Waals surface area contributed by atoms with Gasteiger partial charge >= 0.3 is 0 Å². The van der Waals surface area contributed by atoms with Gasteiger partial charge in [0, 0.05) is 30.1 Å². The minimum absolute atomic E-state index is 0.643. The second-order valence-corrected chi connectivity index (χ2v) is 6.87. The van der Waals surface area contributed by atoms with Crippen molar-refractivity contribution in [3.8, 4) is 5.75 Å². The standard InChI is InChI=1S/C16H26N2OS/c1-13-14(2)20-12-10-18(13)9-11-19-16-5-3-15(4-6-16)7-8-17/h3-6,13-14H,7-12,17H2,1-2H3. The van der Waals surface area contributed by atoms with Gasteiger partial charge in [0.2, 0.25) is 0 Å². The SMILES string of the molecule is CC1SCCN(CCOc2ccc(CCN)cc2)C1C. The Hall–Kier alpha value is -0.710. The smallest absolute Gasteiger partial charge is 0.119 e. The highest BCUT2D eigenvalue weighted by Crippen LogP contribution is 2.23. The Kier molecular flexibility index (Phi) is 6.20. The molecule has 2 atom stereocenters. The minimum atomic E-state index is 0.643. The molecule has 3 nitrogen and oxygen atoms in total. The average Bonchev–Trinajstić information content (AvgIpc) is 2.46. The molecule has 0 radical (unpaired) electrons. The number of hydrogen-bond donors (Lipinski definition) is 1. The summed E-state index contributed by atoms with van der Waals surface area (Å²) in [5.74, 6) is 2.19. The molecule has 0 bridgehead atoms. The zero-order valence-corrected chi connectivity index (χ0v) is 13.4. The Labute approximate surface area is 126 Å². The number of nitrogens with two attached hydrogens (primary N) is 1. The van der Waals surface area contributed by atoms with Crippen molar-refractivity contribution in [2.45, 2.75) is 31.6 Å². The Morgan fingerprint density at radius 1 is 1.30 bits per heavy atom. The van der Waals surface area contributed by atoms with Crippen LogP contribution in [0.3, 0.4) is 0 Å². The lowest BCUT2D eigenvalue weighted by atomic mass is 10.1. The number of thioether (sulfide) groups is 1. The van der Waals surface area contributed by atoms with E-state index >= 15 is 0 Å². The highest BCUT2D eigenvalue weighted by molar-refractivity contribution is 8.00. The van der Waals surface area contributed by atoms with Gasteiger partial charge in [-0.3, -0.25) is 4.90 Å². The first-order valence-electron chi connectivity index (χ1n) is 7.48. The van der Waals surface area contributed by atoms with Gasteiger partial charge in [-0.15, -0.1) is 0 Å². The first-order valence-corrected chi connectivity index (χ1v) is 8.53. The molecule has 0 amide bonds. The van der Waals surface area contributed by atoms with Crippen molar-refractivity contribution in [1.29, 1.82) is 0 Å². The molecule has 1 fully saturated rings. The van der Waals surface area contributed by atoms with Crippen LogP contribution in [0.2, 0.25) is 0 Å². The van der Waals surface area contributed by atoms with Gasteiger partial charge in [0.25, 0.3) is 0 Å². The first-order chi connectivity index (χ1) is 9.70. The molecular formula is C16H26N2OS. The fraction of sp³-hybridized carbons (Fsp3) is 0.625. The fourth-order valence-electron chi connectivity index (χ4n) is 2.51. The maximum atomic E-state index is 5.85. The predicted molar refractivity (Wildman–Crippen MR) is 87.7 cm³/mol. The van der Waals surface area contributed by atoms with E-state index in [0.717, 1.165) is 30.6 Å². The zero-order valence-electron chi connectivity index (χ0n) is 12.5. The lowest BCUT2D eigenvalue weighted by Crippen LogP contribution is -2.46. The summed E-state index contributed by atoms with van der Waals surface area (Å²) in [6, 6.07) is 8.94. The van der Waals surface area contributed by atoms with Crippen LogP contribution >= 0.6 is 11.8 Å². The third-order valence-corrected chi connectivity index (χ3v) is 5.36. The molecule has 1 aliphatic heterocycles. The normalized spacial score (nSPS) is 23.8. The topological polar surface area (TPSA) is 38.5 Å². The van der Waals surface area contributed by atoms with Crippen LogP contribution < -0.4 is 10.5 Å². The van der Waals surface area contributed by atoms with Gasteiger partial charge in [0.1, 0.15) is 12.4 Å².